The summed E-state index contributed by atoms with van der Waals surface area (Å²) in [5.41, 5.74) is 1.80. The number of rotatable bonds is 4. The lowest BCUT2D eigenvalue weighted by atomic mass is 10.2. The maximum absolute atomic E-state index is 12.8. The van der Waals surface area contributed by atoms with Crippen LogP contribution in [0.4, 0.5) is 10.1 Å². The summed E-state index contributed by atoms with van der Waals surface area (Å²) in [6, 6.07) is 6.35. The minimum atomic E-state index is -0.237. The third-order valence-electron chi connectivity index (χ3n) is 3.85. The average Bonchev–Trinajstić information content (AvgIpc) is 2.96. The Morgan fingerprint density at radius 1 is 1.26 bits per heavy atom. The molecule has 1 aliphatic heterocycles. The van der Waals surface area contributed by atoms with Crippen LogP contribution in [0, 0.1) is 5.82 Å². The molecule has 1 fully saturated rings. The van der Waals surface area contributed by atoms with E-state index < -0.39 is 0 Å². The van der Waals surface area contributed by atoms with Crippen LogP contribution in [0.25, 0.3) is 6.08 Å². The standard InChI is InChI=1S/C17H19FN4O/c1-20-12-16(11-19-20)22-10-9-21(13-17(22)23)8-2-3-14-4-6-15(18)7-5-14/h2-7,11-12H,8-10,13H2,1H3/b3-2+. The summed E-state index contributed by atoms with van der Waals surface area (Å²) in [5.74, 6) is -0.154. The smallest absolute Gasteiger partial charge is 0.241 e. The minimum absolute atomic E-state index is 0.0828. The van der Waals surface area contributed by atoms with Crippen LogP contribution in [0.1, 0.15) is 5.56 Å². The van der Waals surface area contributed by atoms with Crippen molar-refractivity contribution in [2.24, 2.45) is 7.05 Å². The molecule has 0 atom stereocenters. The lowest BCUT2D eigenvalue weighted by Gasteiger charge is -2.32. The number of hydrogen-bond acceptors (Lipinski definition) is 3. The molecule has 3 rings (SSSR count). The third-order valence-corrected chi connectivity index (χ3v) is 3.85. The number of halogens is 1. The Labute approximate surface area is 134 Å². The average molecular weight is 314 g/mol. The van der Waals surface area contributed by atoms with Crippen molar-refractivity contribution in [2.45, 2.75) is 0 Å². The number of benzene rings is 1. The van der Waals surface area contributed by atoms with Crippen LogP contribution in [-0.4, -0.2) is 46.8 Å². The first-order chi connectivity index (χ1) is 11.1. The van der Waals surface area contributed by atoms with Crippen LogP contribution >= 0.6 is 0 Å². The highest BCUT2D eigenvalue weighted by Gasteiger charge is 2.24. The molecule has 0 unspecified atom stereocenters. The molecule has 1 aliphatic rings. The molecule has 23 heavy (non-hydrogen) atoms. The van der Waals surface area contributed by atoms with Crippen molar-refractivity contribution in [3.8, 4) is 0 Å². The number of hydrogen-bond donors (Lipinski definition) is 0. The second-order valence-corrected chi connectivity index (χ2v) is 5.61. The van der Waals surface area contributed by atoms with Crippen LogP contribution in [0.5, 0.6) is 0 Å². The van der Waals surface area contributed by atoms with Gasteiger partial charge in [-0.1, -0.05) is 24.3 Å². The van der Waals surface area contributed by atoms with E-state index in [4.69, 9.17) is 0 Å². The Hall–Kier alpha value is -2.47. The van der Waals surface area contributed by atoms with Crippen molar-refractivity contribution in [3.63, 3.8) is 0 Å². The van der Waals surface area contributed by atoms with E-state index in [0.717, 1.165) is 17.8 Å². The molecule has 0 radical (unpaired) electrons. The zero-order valence-corrected chi connectivity index (χ0v) is 13.0. The summed E-state index contributed by atoms with van der Waals surface area (Å²) < 4.78 is 14.5. The Morgan fingerprint density at radius 3 is 2.70 bits per heavy atom. The van der Waals surface area contributed by atoms with E-state index >= 15 is 0 Å². The van der Waals surface area contributed by atoms with Crippen LogP contribution < -0.4 is 4.90 Å². The van der Waals surface area contributed by atoms with Crippen molar-refractivity contribution in [3.05, 3.63) is 54.1 Å². The molecule has 0 aliphatic carbocycles. The van der Waals surface area contributed by atoms with Crippen LogP contribution in [-0.2, 0) is 11.8 Å². The summed E-state index contributed by atoms with van der Waals surface area (Å²) in [4.78, 5) is 16.1. The van der Waals surface area contributed by atoms with E-state index in [9.17, 15) is 9.18 Å². The highest BCUT2D eigenvalue weighted by Crippen LogP contribution is 2.16. The van der Waals surface area contributed by atoms with Gasteiger partial charge in [0.1, 0.15) is 5.82 Å². The van der Waals surface area contributed by atoms with Crippen molar-refractivity contribution < 1.29 is 9.18 Å². The zero-order valence-electron chi connectivity index (χ0n) is 13.0. The monoisotopic (exact) mass is 314 g/mol. The molecule has 0 saturated carbocycles. The minimum Gasteiger partial charge on any atom is -0.307 e. The van der Waals surface area contributed by atoms with Gasteiger partial charge in [-0.05, 0) is 17.7 Å². The van der Waals surface area contributed by atoms with Gasteiger partial charge in [-0.2, -0.15) is 5.10 Å². The van der Waals surface area contributed by atoms with Gasteiger partial charge in [-0.25, -0.2) is 4.39 Å². The zero-order chi connectivity index (χ0) is 16.2. The Balaban J connectivity index is 1.53. The first kappa shape index (κ1) is 15.4. The summed E-state index contributed by atoms with van der Waals surface area (Å²) >= 11 is 0. The Bertz CT molecular complexity index is 708. The maximum atomic E-state index is 12.8. The molecule has 1 aromatic heterocycles. The van der Waals surface area contributed by atoms with Gasteiger partial charge in [-0.15, -0.1) is 0 Å². The van der Waals surface area contributed by atoms with Crippen molar-refractivity contribution in [1.82, 2.24) is 14.7 Å². The Kier molecular flexibility index (Phi) is 4.52. The summed E-state index contributed by atoms with van der Waals surface area (Å²) in [6.07, 6.45) is 7.50. The second-order valence-electron chi connectivity index (χ2n) is 5.61. The fourth-order valence-corrected chi connectivity index (χ4v) is 2.61. The van der Waals surface area contributed by atoms with E-state index in [1.165, 1.54) is 12.1 Å². The highest BCUT2D eigenvalue weighted by atomic mass is 19.1. The van der Waals surface area contributed by atoms with Gasteiger partial charge in [0.05, 0.1) is 18.4 Å². The van der Waals surface area contributed by atoms with Gasteiger partial charge in [0.2, 0.25) is 5.91 Å². The summed E-state index contributed by atoms with van der Waals surface area (Å²) in [7, 11) is 1.84. The molecule has 2 heterocycles. The topological polar surface area (TPSA) is 41.4 Å². The predicted octanol–water partition coefficient (Wildman–Crippen LogP) is 1.92. The van der Waals surface area contributed by atoms with Gasteiger partial charge < -0.3 is 4.90 Å². The normalized spacial score (nSPS) is 16.4. The molecule has 0 spiro atoms. The Morgan fingerprint density at radius 2 is 2.04 bits per heavy atom. The molecule has 120 valence electrons. The number of carbonyl (C=O) groups excluding carboxylic acids is 1. The molecule has 1 amide bonds. The molecule has 0 N–H and O–H groups in total. The lowest BCUT2D eigenvalue weighted by molar-refractivity contribution is -0.121. The van der Waals surface area contributed by atoms with Gasteiger partial charge in [0.15, 0.2) is 0 Å². The highest BCUT2D eigenvalue weighted by molar-refractivity contribution is 5.95. The number of anilines is 1. The van der Waals surface area contributed by atoms with E-state index in [1.54, 1.807) is 27.9 Å². The SMILES string of the molecule is Cn1cc(N2CCN(C/C=C/c3ccc(F)cc3)CC2=O)cn1. The van der Waals surface area contributed by atoms with E-state index in [1.807, 2.05) is 25.4 Å². The van der Waals surface area contributed by atoms with Crippen LogP contribution in [0.2, 0.25) is 0 Å². The van der Waals surface area contributed by atoms with Crippen LogP contribution in [0.15, 0.2) is 42.7 Å². The van der Waals surface area contributed by atoms with Crippen molar-refractivity contribution in [1.29, 1.82) is 0 Å². The van der Waals surface area contributed by atoms with Gasteiger partial charge in [0.25, 0.3) is 0 Å². The third kappa shape index (κ3) is 3.84. The molecule has 0 bridgehead atoms. The van der Waals surface area contributed by atoms with Gasteiger partial charge >= 0.3 is 0 Å². The molecule has 1 aromatic carbocycles. The second kappa shape index (κ2) is 6.75. The fraction of sp³-hybridized carbons (Fsp3) is 0.294. The van der Waals surface area contributed by atoms with E-state index in [2.05, 4.69) is 10.00 Å². The number of carbonyl (C=O) groups is 1. The first-order valence-corrected chi connectivity index (χ1v) is 7.55. The quantitative estimate of drug-likeness (QED) is 0.866. The fourth-order valence-electron chi connectivity index (χ4n) is 2.61. The molecule has 1 saturated heterocycles. The van der Waals surface area contributed by atoms with Gasteiger partial charge in [0, 0.05) is 32.9 Å². The van der Waals surface area contributed by atoms with E-state index in [0.29, 0.717) is 19.6 Å². The van der Waals surface area contributed by atoms with Crippen LogP contribution in [0.3, 0.4) is 0 Å². The first-order valence-electron chi connectivity index (χ1n) is 7.55. The number of aryl methyl sites for hydroxylation is 1. The van der Waals surface area contributed by atoms with Crippen molar-refractivity contribution >= 4 is 17.7 Å². The van der Waals surface area contributed by atoms with E-state index in [-0.39, 0.29) is 11.7 Å². The summed E-state index contributed by atoms with van der Waals surface area (Å²) in [5, 5.41) is 4.11. The molecule has 2 aromatic rings. The summed E-state index contributed by atoms with van der Waals surface area (Å²) in [6.45, 7) is 2.57. The largest absolute Gasteiger partial charge is 0.307 e. The predicted molar refractivity (Wildman–Crippen MR) is 87.4 cm³/mol. The molecule has 5 nitrogen and oxygen atoms in total. The number of aromatic nitrogens is 2. The molecular formula is C17H19FN4O. The molecule has 6 heteroatoms. The lowest BCUT2D eigenvalue weighted by Crippen LogP contribution is -2.50. The maximum Gasteiger partial charge on any atom is 0.241 e. The van der Waals surface area contributed by atoms with Gasteiger partial charge in [-0.3, -0.25) is 14.4 Å². The van der Waals surface area contributed by atoms with Crippen molar-refractivity contribution in [2.75, 3.05) is 31.1 Å². The molecular weight excluding hydrogens is 295 g/mol. The number of piperazine rings is 1. The number of amides is 1. The number of nitrogens with zero attached hydrogens (tertiary/aromatic N) is 4.